The van der Waals surface area contributed by atoms with Gasteiger partial charge in [0.25, 0.3) is 0 Å². The molecule has 1 aliphatic rings. The molecule has 15 heavy (non-hydrogen) atoms. The van der Waals surface area contributed by atoms with E-state index in [1.54, 1.807) is 0 Å². The Hall–Kier alpha value is -0.0400. The molecule has 0 saturated carbocycles. The molecule has 0 aromatic carbocycles. The molecule has 1 aliphatic heterocycles. The largest absolute Gasteiger partial charge is 0.377 e. The van der Waals surface area contributed by atoms with Crippen molar-refractivity contribution in [1.82, 2.24) is 0 Å². The molecule has 0 aromatic heterocycles. The zero-order chi connectivity index (χ0) is 11.4. The van der Waals surface area contributed by atoms with Gasteiger partial charge in [0.2, 0.25) is 0 Å². The van der Waals surface area contributed by atoms with E-state index >= 15 is 0 Å². The molecule has 0 unspecified atom stereocenters. The molecule has 0 atom stereocenters. The highest BCUT2D eigenvalue weighted by Gasteiger charge is 1.94. The SMILES string of the molecule is C1CO1.CCCCCCCCCC(C)C. The van der Waals surface area contributed by atoms with E-state index < -0.39 is 0 Å². The Balaban J connectivity index is 0.000000548. The molecule has 0 bridgehead atoms. The van der Waals surface area contributed by atoms with Crippen molar-refractivity contribution in [2.75, 3.05) is 13.2 Å². The number of ether oxygens (including phenoxy) is 1. The van der Waals surface area contributed by atoms with Gasteiger partial charge < -0.3 is 4.74 Å². The van der Waals surface area contributed by atoms with Gasteiger partial charge in [-0.1, -0.05) is 72.1 Å². The number of hydrogen-bond donors (Lipinski definition) is 0. The monoisotopic (exact) mass is 214 g/mol. The van der Waals surface area contributed by atoms with Crippen molar-refractivity contribution in [3.8, 4) is 0 Å². The number of epoxide rings is 1. The predicted molar refractivity (Wildman–Crippen MR) is 68.3 cm³/mol. The second-order valence-corrected chi connectivity index (χ2v) is 4.92. The fourth-order valence-electron chi connectivity index (χ4n) is 1.51. The minimum absolute atomic E-state index is 0.903. The Kier molecular flexibility index (Phi) is 12.0. The fraction of sp³-hybridized carbons (Fsp3) is 1.00. The molecule has 1 heteroatoms. The Morgan fingerprint density at radius 3 is 1.73 bits per heavy atom. The van der Waals surface area contributed by atoms with Crippen LogP contribution in [0.3, 0.4) is 0 Å². The molecule has 0 radical (unpaired) electrons. The Morgan fingerprint density at radius 1 is 0.867 bits per heavy atom. The first kappa shape index (κ1) is 15.0. The minimum Gasteiger partial charge on any atom is -0.377 e. The van der Waals surface area contributed by atoms with Crippen molar-refractivity contribution in [2.24, 2.45) is 5.92 Å². The van der Waals surface area contributed by atoms with E-state index in [9.17, 15) is 0 Å². The molecule has 0 spiro atoms. The maximum absolute atomic E-state index is 4.50. The third-order valence-corrected chi connectivity index (χ3v) is 2.59. The standard InChI is InChI=1S/C12H26.C2H4O/c1-4-5-6-7-8-9-10-11-12(2)3;1-2-3-1/h12H,4-11H2,1-3H3;1-2H2. The van der Waals surface area contributed by atoms with Crippen LogP contribution in [0.25, 0.3) is 0 Å². The van der Waals surface area contributed by atoms with Gasteiger partial charge in [-0.3, -0.25) is 0 Å². The van der Waals surface area contributed by atoms with Crippen LogP contribution in [0.4, 0.5) is 0 Å². The van der Waals surface area contributed by atoms with Crippen LogP contribution in [0.2, 0.25) is 0 Å². The molecule has 1 saturated heterocycles. The molecule has 0 amide bonds. The highest BCUT2D eigenvalue weighted by atomic mass is 16.6. The summed E-state index contributed by atoms with van der Waals surface area (Å²) in [7, 11) is 0. The van der Waals surface area contributed by atoms with Crippen LogP contribution in [0, 0.1) is 5.92 Å². The lowest BCUT2D eigenvalue weighted by Crippen LogP contribution is -1.87. The second-order valence-electron chi connectivity index (χ2n) is 4.92. The van der Waals surface area contributed by atoms with Crippen LogP contribution in [0.1, 0.15) is 72.1 Å². The lowest BCUT2D eigenvalue weighted by molar-refractivity contribution is 0.475. The van der Waals surface area contributed by atoms with Crippen LogP contribution in [-0.2, 0) is 4.74 Å². The predicted octanol–water partition coefficient (Wildman–Crippen LogP) is 4.80. The van der Waals surface area contributed by atoms with Gasteiger partial charge in [-0.25, -0.2) is 0 Å². The van der Waals surface area contributed by atoms with Crippen LogP contribution < -0.4 is 0 Å². The first-order chi connectivity index (χ1) is 7.27. The van der Waals surface area contributed by atoms with Crippen LogP contribution in [0.5, 0.6) is 0 Å². The van der Waals surface area contributed by atoms with E-state index in [-0.39, 0.29) is 0 Å². The molecular weight excluding hydrogens is 184 g/mol. The van der Waals surface area contributed by atoms with Gasteiger partial charge in [0, 0.05) is 0 Å². The van der Waals surface area contributed by atoms with E-state index in [4.69, 9.17) is 0 Å². The van der Waals surface area contributed by atoms with Crippen molar-refractivity contribution in [3.05, 3.63) is 0 Å². The third kappa shape index (κ3) is 20.1. The fourth-order valence-corrected chi connectivity index (χ4v) is 1.51. The summed E-state index contributed by atoms with van der Waals surface area (Å²) in [5, 5.41) is 0. The summed E-state index contributed by atoms with van der Waals surface area (Å²) < 4.78 is 4.50. The summed E-state index contributed by atoms with van der Waals surface area (Å²) in [6.07, 6.45) is 11.5. The van der Waals surface area contributed by atoms with E-state index in [0.717, 1.165) is 19.1 Å². The number of rotatable bonds is 8. The molecule has 1 nitrogen and oxygen atoms in total. The summed E-state index contributed by atoms with van der Waals surface area (Å²) in [6.45, 7) is 8.91. The smallest absolute Gasteiger partial charge is 0.0701 e. The van der Waals surface area contributed by atoms with E-state index in [0.29, 0.717) is 0 Å². The Bertz CT molecular complexity index is 105. The van der Waals surface area contributed by atoms with E-state index in [2.05, 4.69) is 25.5 Å². The topological polar surface area (TPSA) is 12.5 Å². The van der Waals surface area contributed by atoms with Crippen molar-refractivity contribution >= 4 is 0 Å². The molecule has 1 heterocycles. The molecule has 0 N–H and O–H groups in total. The summed E-state index contributed by atoms with van der Waals surface area (Å²) in [6, 6.07) is 0. The molecular formula is C14H30O. The van der Waals surface area contributed by atoms with Gasteiger partial charge >= 0.3 is 0 Å². The Morgan fingerprint density at radius 2 is 1.33 bits per heavy atom. The van der Waals surface area contributed by atoms with Gasteiger partial charge in [0.15, 0.2) is 0 Å². The zero-order valence-electron chi connectivity index (χ0n) is 11.1. The summed E-state index contributed by atoms with van der Waals surface area (Å²) >= 11 is 0. The van der Waals surface area contributed by atoms with Gasteiger partial charge in [0.1, 0.15) is 0 Å². The van der Waals surface area contributed by atoms with E-state index in [1.165, 1.54) is 51.4 Å². The average molecular weight is 214 g/mol. The van der Waals surface area contributed by atoms with Gasteiger partial charge in [0.05, 0.1) is 13.2 Å². The minimum atomic E-state index is 0.903. The molecule has 0 aliphatic carbocycles. The molecule has 92 valence electrons. The summed E-state index contributed by atoms with van der Waals surface area (Å²) in [5.74, 6) is 0.903. The highest BCUT2D eigenvalue weighted by Crippen LogP contribution is 2.11. The zero-order valence-corrected chi connectivity index (χ0v) is 11.1. The van der Waals surface area contributed by atoms with Crippen molar-refractivity contribution in [3.63, 3.8) is 0 Å². The summed E-state index contributed by atoms with van der Waals surface area (Å²) in [5.41, 5.74) is 0. The van der Waals surface area contributed by atoms with Crippen LogP contribution in [-0.4, -0.2) is 13.2 Å². The first-order valence-corrected chi connectivity index (χ1v) is 6.85. The molecule has 0 aromatic rings. The maximum Gasteiger partial charge on any atom is 0.0701 e. The highest BCUT2D eigenvalue weighted by molar-refractivity contribution is 4.48. The lowest BCUT2D eigenvalue weighted by atomic mass is 10.0. The Labute approximate surface area is 96.6 Å². The quantitative estimate of drug-likeness (QED) is 0.417. The summed E-state index contributed by atoms with van der Waals surface area (Å²) in [4.78, 5) is 0. The molecule has 1 fully saturated rings. The first-order valence-electron chi connectivity index (χ1n) is 6.85. The van der Waals surface area contributed by atoms with Crippen molar-refractivity contribution < 1.29 is 4.74 Å². The molecule has 1 rings (SSSR count). The van der Waals surface area contributed by atoms with Crippen LogP contribution in [0.15, 0.2) is 0 Å². The van der Waals surface area contributed by atoms with Crippen molar-refractivity contribution in [2.45, 2.75) is 72.1 Å². The van der Waals surface area contributed by atoms with Gasteiger partial charge in [-0.2, -0.15) is 0 Å². The number of unbranched alkanes of at least 4 members (excludes halogenated alkanes) is 6. The second kappa shape index (κ2) is 12.0. The lowest BCUT2D eigenvalue weighted by Gasteiger charge is -2.03. The van der Waals surface area contributed by atoms with Crippen LogP contribution >= 0.6 is 0 Å². The van der Waals surface area contributed by atoms with Gasteiger partial charge in [-0.15, -0.1) is 0 Å². The number of hydrogen-bond acceptors (Lipinski definition) is 1. The normalized spacial score (nSPS) is 13.6. The maximum atomic E-state index is 4.50. The van der Waals surface area contributed by atoms with Crippen molar-refractivity contribution in [1.29, 1.82) is 0 Å². The average Bonchev–Trinajstić information content (AvgIpc) is 3.03. The van der Waals surface area contributed by atoms with E-state index in [1.807, 2.05) is 0 Å². The third-order valence-electron chi connectivity index (χ3n) is 2.59. The van der Waals surface area contributed by atoms with Gasteiger partial charge in [-0.05, 0) is 5.92 Å².